The molecule has 150 valence electrons. The molecular weight excluding hydrogens is 447 g/mol. The number of aryl methyl sites for hydroxylation is 1. The summed E-state index contributed by atoms with van der Waals surface area (Å²) in [7, 11) is 3.73. The first-order valence-electron chi connectivity index (χ1n) is 9.10. The lowest BCUT2D eigenvalue weighted by atomic mass is 9.94. The molecule has 8 nitrogen and oxygen atoms in total. The van der Waals surface area contributed by atoms with Crippen LogP contribution in [-0.2, 0) is 23.1 Å². The lowest BCUT2D eigenvalue weighted by Gasteiger charge is -2.36. The summed E-state index contributed by atoms with van der Waals surface area (Å²) in [4.78, 5) is 4.67. The van der Waals surface area contributed by atoms with E-state index in [0.29, 0.717) is 13.1 Å². The molecule has 0 saturated carbocycles. The van der Waals surface area contributed by atoms with Gasteiger partial charge in [0.2, 0.25) is 0 Å². The second kappa shape index (κ2) is 11.7. The van der Waals surface area contributed by atoms with Gasteiger partial charge in [-0.1, -0.05) is 13.3 Å². The van der Waals surface area contributed by atoms with Gasteiger partial charge in [-0.25, -0.2) is 4.99 Å². The van der Waals surface area contributed by atoms with Crippen molar-refractivity contribution in [1.29, 1.82) is 0 Å². The highest BCUT2D eigenvalue weighted by Gasteiger charge is 2.32. The fourth-order valence-electron chi connectivity index (χ4n) is 2.74. The highest BCUT2D eigenvalue weighted by Crippen LogP contribution is 2.23. The third-order valence-corrected chi connectivity index (χ3v) is 4.80. The van der Waals surface area contributed by atoms with Crippen LogP contribution in [0.4, 0.5) is 0 Å². The first-order chi connectivity index (χ1) is 12.1. The summed E-state index contributed by atoms with van der Waals surface area (Å²) in [5, 5.41) is 15.1. The zero-order valence-electron chi connectivity index (χ0n) is 16.4. The molecule has 9 heteroatoms. The highest BCUT2D eigenvalue weighted by atomic mass is 127. The number of hydrogen-bond acceptors (Lipinski definition) is 5. The Kier molecular flexibility index (Phi) is 10.4. The summed E-state index contributed by atoms with van der Waals surface area (Å²) in [5.74, 6) is 2.53. The van der Waals surface area contributed by atoms with Crippen molar-refractivity contribution in [3.05, 3.63) is 11.6 Å². The SMILES string of the molecule is CCCCNC(=NCc1nnc(C)n1C)NCC1(OC)CCOCC1.I. The number of nitrogens with zero attached hydrogens (tertiary/aromatic N) is 4. The molecular formula is C17H33IN6O2. The van der Waals surface area contributed by atoms with Crippen LogP contribution < -0.4 is 10.6 Å². The zero-order chi connectivity index (χ0) is 18.1. The Morgan fingerprint density at radius 2 is 2.04 bits per heavy atom. The van der Waals surface area contributed by atoms with Crippen LogP contribution in [-0.4, -0.2) is 59.7 Å². The first-order valence-corrected chi connectivity index (χ1v) is 9.10. The summed E-state index contributed by atoms with van der Waals surface area (Å²) in [6.45, 7) is 7.68. The molecule has 2 heterocycles. The minimum atomic E-state index is -0.188. The van der Waals surface area contributed by atoms with E-state index in [1.165, 1.54) is 0 Å². The second-order valence-corrected chi connectivity index (χ2v) is 6.52. The number of guanidine groups is 1. The van der Waals surface area contributed by atoms with Gasteiger partial charge in [0, 0.05) is 53.3 Å². The molecule has 0 unspecified atom stereocenters. The predicted octanol–water partition coefficient (Wildman–Crippen LogP) is 1.77. The monoisotopic (exact) mass is 480 g/mol. The molecule has 1 saturated heterocycles. The molecule has 26 heavy (non-hydrogen) atoms. The molecule has 1 fully saturated rings. The van der Waals surface area contributed by atoms with E-state index in [-0.39, 0.29) is 29.6 Å². The van der Waals surface area contributed by atoms with Gasteiger partial charge in [0.1, 0.15) is 12.4 Å². The fourth-order valence-corrected chi connectivity index (χ4v) is 2.74. The molecule has 0 bridgehead atoms. The van der Waals surface area contributed by atoms with Crippen LogP contribution in [0.1, 0.15) is 44.3 Å². The van der Waals surface area contributed by atoms with Crippen LogP contribution in [0, 0.1) is 6.92 Å². The summed E-state index contributed by atoms with van der Waals surface area (Å²) < 4.78 is 13.2. The quantitative estimate of drug-likeness (QED) is 0.255. The van der Waals surface area contributed by atoms with Gasteiger partial charge in [0.25, 0.3) is 0 Å². The first kappa shape index (κ1) is 23.1. The van der Waals surface area contributed by atoms with Crippen LogP contribution in [0.3, 0.4) is 0 Å². The van der Waals surface area contributed by atoms with Gasteiger partial charge in [-0.05, 0) is 13.3 Å². The van der Waals surface area contributed by atoms with E-state index in [4.69, 9.17) is 9.47 Å². The Labute approximate surface area is 173 Å². The van der Waals surface area contributed by atoms with E-state index in [1.54, 1.807) is 7.11 Å². The van der Waals surface area contributed by atoms with Crippen LogP contribution in [0.5, 0.6) is 0 Å². The minimum Gasteiger partial charge on any atom is -0.381 e. The van der Waals surface area contributed by atoms with E-state index in [2.05, 4.69) is 32.7 Å². The summed E-state index contributed by atoms with van der Waals surface area (Å²) in [6.07, 6.45) is 4.03. The number of halogens is 1. The Morgan fingerprint density at radius 3 is 2.62 bits per heavy atom. The van der Waals surface area contributed by atoms with Gasteiger partial charge in [0.05, 0.1) is 5.60 Å². The highest BCUT2D eigenvalue weighted by molar-refractivity contribution is 14.0. The molecule has 1 aliphatic rings. The predicted molar refractivity (Wildman–Crippen MR) is 113 cm³/mol. The third kappa shape index (κ3) is 6.66. The maximum absolute atomic E-state index is 5.79. The maximum Gasteiger partial charge on any atom is 0.191 e. The van der Waals surface area contributed by atoms with Gasteiger partial charge >= 0.3 is 0 Å². The van der Waals surface area contributed by atoms with E-state index < -0.39 is 0 Å². The number of nitrogens with one attached hydrogen (secondary N) is 2. The number of ether oxygens (including phenoxy) is 2. The van der Waals surface area contributed by atoms with E-state index in [0.717, 1.165) is 63.1 Å². The number of rotatable bonds is 8. The van der Waals surface area contributed by atoms with Crippen molar-refractivity contribution in [3.63, 3.8) is 0 Å². The number of hydrogen-bond donors (Lipinski definition) is 2. The standard InChI is InChI=1S/C17H32N6O2.HI/c1-5-6-9-18-16(19-12-15-22-21-14(2)23(15)3)20-13-17(24-4)7-10-25-11-8-17;/h5-13H2,1-4H3,(H2,18,19,20);1H. The molecule has 1 aliphatic heterocycles. The number of aliphatic imine (C=N–C) groups is 1. The lowest BCUT2D eigenvalue weighted by molar-refractivity contribution is -0.0855. The van der Waals surface area contributed by atoms with Crippen molar-refractivity contribution in [2.24, 2.45) is 12.0 Å². The Balaban J connectivity index is 0.00000338. The summed E-state index contributed by atoms with van der Waals surface area (Å²) in [5.41, 5.74) is -0.188. The smallest absolute Gasteiger partial charge is 0.191 e. The average molecular weight is 480 g/mol. The van der Waals surface area contributed by atoms with Crippen molar-refractivity contribution < 1.29 is 9.47 Å². The third-order valence-electron chi connectivity index (χ3n) is 4.80. The number of aromatic nitrogens is 3. The van der Waals surface area contributed by atoms with Gasteiger partial charge in [-0.15, -0.1) is 34.2 Å². The van der Waals surface area contributed by atoms with Crippen molar-refractivity contribution in [3.8, 4) is 0 Å². The van der Waals surface area contributed by atoms with Gasteiger partial charge < -0.3 is 24.7 Å². The van der Waals surface area contributed by atoms with Crippen molar-refractivity contribution >= 4 is 29.9 Å². The molecule has 2 N–H and O–H groups in total. The Hall–Kier alpha value is -0.940. The lowest BCUT2D eigenvalue weighted by Crippen LogP contribution is -2.51. The Morgan fingerprint density at radius 1 is 1.31 bits per heavy atom. The maximum atomic E-state index is 5.79. The molecule has 0 amide bonds. The summed E-state index contributed by atoms with van der Waals surface area (Å²) >= 11 is 0. The van der Waals surface area contributed by atoms with Crippen molar-refractivity contribution in [2.75, 3.05) is 33.4 Å². The molecule has 0 aromatic carbocycles. The number of methoxy groups -OCH3 is 1. The molecule has 0 aliphatic carbocycles. The van der Waals surface area contributed by atoms with Gasteiger partial charge in [-0.3, -0.25) is 0 Å². The van der Waals surface area contributed by atoms with E-state index >= 15 is 0 Å². The second-order valence-electron chi connectivity index (χ2n) is 6.52. The topological polar surface area (TPSA) is 85.6 Å². The van der Waals surface area contributed by atoms with Crippen LogP contribution >= 0.6 is 24.0 Å². The van der Waals surface area contributed by atoms with Crippen molar-refractivity contribution in [1.82, 2.24) is 25.4 Å². The largest absolute Gasteiger partial charge is 0.381 e. The van der Waals surface area contributed by atoms with Gasteiger partial charge in [-0.2, -0.15) is 0 Å². The van der Waals surface area contributed by atoms with Crippen molar-refractivity contribution in [2.45, 2.75) is 51.7 Å². The summed E-state index contributed by atoms with van der Waals surface area (Å²) in [6, 6.07) is 0. The molecule has 1 aromatic heterocycles. The average Bonchev–Trinajstić information content (AvgIpc) is 2.96. The zero-order valence-corrected chi connectivity index (χ0v) is 18.7. The molecule has 2 rings (SSSR count). The molecule has 0 atom stereocenters. The van der Waals surface area contributed by atoms with Crippen LogP contribution in [0.15, 0.2) is 4.99 Å². The molecule has 0 spiro atoms. The van der Waals surface area contributed by atoms with E-state index in [9.17, 15) is 0 Å². The molecule has 0 radical (unpaired) electrons. The minimum absolute atomic E-state index is 0. The molecule has 1 aromatic rings. The van der Waals surface area contributed by atoms with E-state index in [1.807, 2.05) is 18.5 Å². The Bertz CT molecular complexity index is 557. The fraction of sp³-hybridized carbons (Fsp3) is 0.824. The van der Waals surface area contributed by atoms with Crippen LogP contribution in [0.25, 0.3) is 0 Å². The van der Waals surface area contributed by atoms with Crippen LogP contribution in [0.2, 0.25) is 0 Å². The normalized spacial score (nSPS) is 16.8. The number of unbranched alkanes of at least 4 members (excludes halogenated alkanes) is 1. The van der Waals surface area contributed by atoms with Gasteiger partial charge in [0.15, 0.2) is 11.8 Å².